The van der Waals surface area contributed by atoms with Crippen LogP contribution in [0.25, 0.3) is 0 Å². The lowest BCUT2D eigenvalue weighted by atomic mass is 9.47. The quantitative estimate of drug-likeness (QED) is 0.0673. The van der Waals surface area contributed by atoms with Crippen LogP contribution in [0.3, 0.4) is 0 Å². The number of allylic oxidation sites excluding steroid dienone is 1. The molecule has 60 heavy (non-hydrogen) atoms. The van der Waals surface area contributed by atoms with Crippen molar-refractivity contribution in [1.82, 2.24) is 20.9 Å². The Kier molecular flexibility index (Phi) is 18.1. The topological polar surface area (TPSA) is 118 Å². The summed E-state index contributed by atoms with van der Waals surface area (Å²) in [6.07, 6.45) is 14.6. The summed E-state index contributed by atoms with van der Waals surface area (Å²) < 4.78 is 31.4. The van der Waals surface area contributed by atoms with Crippen molar-refractivity contribution < 1.29 is 33.0 Å². The molecule has 0 aromatic rings. The van der Waals surface area contributed by atoms with Crippen LogP contribution in [0.1, 0.15) is 167 Å². The molecule has 0 spiro atoms. The standard InChI is InChI=1S/C49H87FN4O6/c1-33(2)16-15-17-35(4)40-20-21-41-39-19-18-36-28-38(22-24-48(36,11)42(39)23-25-49(40,41)12)58-45(57)54(32-34(3)29-52-43(55)59-46(5,6)7)27-14-13-26-51-30-37(50)31-53-44(56)60-47(8,9)10/h18,33-35,37-42,51H,13-17,19-32H2,1-12H3,(H,52,55)(H,53,56)/t34?,35-,37?,38?,39?,40?,41?,42?,48?,49?/m1/s1. The summed E-state index contributed by atoms with van der Waals surface area (Å²) in [7, 11) is 0. The minimum atomic E-state index is -1.25. The van der Waals surface area contributed by atoms with Gasteiger partial charge in [-0.1, -0.05) is 72.5 Å². The van der Waals surface area contributed by atoms with Crippen molar-refractivity contribution in [3.8, 4) is 0 Å². The molecule has 4 aliphatic carbocycles. The smallest absolute Gasteiger partial charge is 0.410 e. The summed E-state index contributed by atoms with van der Waals surface area (Å²) in [4.78, 5) is 40.0. The Labute approximate surface area is 364 Å². The zero-order valence-corrected chi connectivity index (χ0v) is 40.0. The van der Waals surface area contributed by atoms with E-state index in [4.69, 9.17) is 14.2 Å². The fourth-order valence-corrected chi connectivity index (χ4v) is 11.6. The van der Waals surface area contributed by atoms with E-state index in [1.54, 1.807) is 25.7 Å². The second-order valence-corrected chi connectivity index (χ2v) is 22.4. The van der Waals surface area contributed by atoms with Gasteiger partial charge in [0.15, 0.2) is 0 Å². The van der Waals surface area contributed by atoms with Crippen LogP contribution in [0.4, 0.5) is 18.8 Å². The van der Waals surface area contributed by atoms with E-state index in [1.807, 2.05) is 27.7 Å². The van der Waals surface area contributed by atoms with Crippen molar-refractivity contribution in [3.05, 3.63) is 11.6 Å². The second kappa shape index (κ2) is 21.7. The predicted octanol–water partition coefficient (Wildman–Crippen LogP) is 11.2. The number of carbonyl (C=O) groups excluding carboxylic acids is 3. The van der Waals surface area contributed by atoms with Crippen molar-refractivity contribution in [2.24, 2.45) is 52.3 Å². The van der Waals surface area contributed by atoms with E-state index in [2.05, 4.69) is 56.6 Å². The average molecular weight is 847 g/mol. The van der Waals surface area contributed by atoms with Crippen LogP contribution < -0.4 is 16.0 Å². The first kappa shape index (κ1) is 50.1. The number of alkyl halides is 1. The Morgan fingerprint density at radius 2 is 1.50 bits per heavy atom. The van der Waals surface area contributed by atoms with Gasteiger partial charge >= 0.3 is 18.3 Å². The minimum Gasteiger partial charge on any atom is -0.446 e. The van der Waals surface area contributed by atoms with Gasteiger partial charge in [0, 0.05) is 32.6 Å². The Morgan fingerprint density at radius 1 is 0.833 bits per heavy atom. The Morgan fingerprint density at radius 3 is 2.15 bits per heavy atom. The van der Waals surface area contributed by atoms with Crippen LogP contribution in [-0.4, -0.2) is 85.9 Å². The lowest BCUT2D eigenvalue weighted by Crippen LogP contribution is -2.51. The van der Waals surface area contributed by atoms with Gasteiger partial charge in [0.25, 0.3) is 0 Å². The van der Waals surface area contributed by atoms with Crippen LogP contribution in [0, 0.1) is 52.3 Å². The summed E-state index contributed by atoms with van der Waals surface area (Å²) in [6, 6.07) is 0. The Bertz CT molecular complexity index is 1430. The average Bonchev–Trinajstić information content (AvgIpc) is 3.50. The number of nitrogens with zero attached hydrogens (tertiary/aromatic N) is 1. The molecule has 0 bridgehead atoms. The first-order valence-corrected chi connectivity index (χ1v) is 23.9. The molecule has 9 unspecified atom stereocenters. The largest absolute Gasteiger partial charge is 0.446 e. The third kappa shape index (κ3) is 14.5. The van der Waals surface area contributed by atoms with Crippen molar-refractivity contribution in [2.45, 2.75) is 190 Å². The van der Waals surface area contributed by atoms with Gasteiger partial charge in [-0.2, -0.15) is 0 Å². The van der Waals surface area contributed by atoms with Crippen molar-refractivity contribution in [1.29, 1.82) is 0 Å². The molecule has 0 aromatic carbocycles. The molecule has 0 heterocycles. The molecular formula is C49H87FN4O6. The molecule has 0 aromatic heterocycles. The molecule has 3 amide bonds. The highest BCUT2D eigenvalue weighted by Crippen LogP contribution is 2.67. The molecule has 346 valence electrons. The number of unbranched alkanes of at least 4 members (excludes halogenated alkanes) is 1. The third-order valence-corrected chi connectivity index (χ3v) is 14.6. The molecule has 0 radical (unpaired) electrons. The summed E-state index contributed by atoms with van der Waals surface area (Å²) in [5, 5.41) is 8.46. The van der Waals surface area contributed by atoms with Crippen LogP contribution in [0.15, 0.2) is 11.6 Å². The van der Waals surface area contributed by atoms with Gasteiger partial charge in [-0.3, -0.25) is 0 Å². The third-order valence-electron chi connectivity index (χ3n) is 14.6. The van der Waals surface area contributed by atoms with E-state index in [0.717, 1.165) is 61.7 Å². The number of rotatable bonds is 19. The van der Waals surface area contributed by atoms with Gasteiger partial charge in [-0.05, 0) is 158 Å². The maximum atomic E-state index is 14.5. The Balaban J connectivity index is 1.31. The molecule has 0 aliphatic heterocycles. The van der Waals surface area contributed by atoms with E-state index < -0.39 is 29.6 Å². The SMILES string of the molecule is CC(C)CCC[C@@H](C)C1CCC2C3CC=C4CC(OC(=O)N(CCCCNCC(F)CNC(=O)OC(C)(C)C)CC(C)CNC(=O)OC(C)(C)C)CCC4(C)C3CCC21C. The van der Waals surface area contributed by atoms with E-state index in [0.29, 0.717) is 43.9 Å². The molecule has 0 saturated heterocycles. The normalized spacial score (nSPS) is 29.2. The van der Waals surface area contributed by atoms with Gasteiger partial charge in [-0.25, -0.2) is 18.8 Å². The molecule has 10 atom stereocenters. The minimum absolute atomic E-state index is 0.0317. The zero-order valence-electron chi connectivity index (χ0n) is 40.0. The molecule has 4 rings (SSSR count). The monoisotopic (exact) mass is 847 g/mol. The maximum Gasteiger partial charge on any atom is 0.410 e. The lowest BCUT2D eigenvalue weighted by Gasteiger charge is -2.58. The van der Waals surface area contributed by atoms with Crippen molar-refractivity contribution in [3.63, 3.8) is 0 Å². The van der Waals surface area contributed by atoms with Crippen molar-refractivity contribution in [2.75, 3.05) is 39.3 Å². The predicted molar refractivity (Wildman–Crippen MR) is 240 cm³/mol. The van der Waals surface area contributed by atoms with Gasteiger partial charge in [-0.15, -0.1) is 0 Å². The number of fused-ring (bicyclic) bond motifs is 5. The maximum absolute atomic E-state index is 14.5. The molecular weight excluding hydrogens is 760 g/mol. The summed E-state index contributed by atoms with van der Waals surface area (Å²) in [5.74, 6) is 4.69. The lowest BCUT2D eigenvalue weighted by molar-refractivity contribution is -0.0594. The number of carbonyl (C=O) groups is 3. The van der Waals surface area contributed by atoms with Crippen LogP contribution in [-0.2, 0) is 14.2 Å². The number of nitrogens with one attached hydrogen (secondary N) is 3. The molecule has 3 fully saturated rings. The number of amides is 3. The summed E-state index contributed by atoms with van der Waals surface area (Å²) in [5.41, 5.74) is 0.906. The zero-order chi connectivity index (χ0) is 44.5. The van der Waals surface area contributed by atoms with E-state index in [9.17, 15) is 18.8 Å². The number of hydrogen-bond acceptors (Lipinski definition) is 7. The number of hydrogen-bond donors (Lipinski definition) is 3. The van der Waals surface area contributed by atoms with Gasteiger partial charge < -0.3 is 35.1 Å². The second-order valence-electron chi connectivity index (χ2n) is 22.4. The highest BCUT2D eigenvalue weighted by molar-refractivity contribution is 5.69. The number of alkyl carbamates (subject to hydrolysis) is 2. The van der Waals surface area contributed by atoms with Gasteiger partial charge in [0.05, 0.1) is 6.54 Å². The van der Waals surface area contributed by atoms with E-state index in [-0.39, 0.29) is 36.6 Å². The van der Waals surface area contributed by atoms with Crippen LogP contribution in [0.5, 0.6) is 0 Å². The van der Waals surface area contributed by atoms with Gasteiger partial charge in [0.1, 0.15) is 23.5 Å². The summed E-state index contributed by atoms with van der Waals surface area (Å²) in [6.45, 7) is 27.1. The fraction of sp³-hybridized carbons (Fsp3) is 0.898. The van der Waals surface area contributed by atoms with Gasteiger partial charge in [0.2, 0.25) is 0 Å². The fourth-order valence-electron chi connectivity index (χ4n) is 11.6. The highest BCUT2D eigenvalue weighted by atomic mass is 19.1. The molecule has 11 heteroatoms. The first-order chi connectivity index (χ1) is 28.0. The van der Waals surface area contributed by atoms with E-state index in [1.165, 1.54) is 50.5 Å². The highest BCUT2D eigenvalue weighted by Gasteiger charge is 2.59. The van der Waals surface area contributed by atoms with Crippen LogP contribution >= 0.6 is 0 Å². The molecule has 10 nitrogen and oxygen atoms in total. The van der Waals surface area contributed by atoms with Crippen molar-refractivity contribution >= 4 is 18.3 Å². The number of halogens is 1. The Hall–Kier alpha value is -2.56. The summed E-state index contributed by atoms with van der Waals surface area (Å²) >= 11 is 0. The molecule has 4 aliphatic rings. The van der Waals surface area contributed by atoms with Crippen LogP contribution in [0.2, 0.25) is 0 Å². The molecule has 3 N–H and O–H groups in total. The molecule has 3 saturated carbocycles. The number of ether oxygens (including phenoxy) is 3. The first-order valence-electron chi connectivity index (χ1n) is 23.9. The van der Waals surface area contributed by atoms with E-state index >= 15 is 0 Å².